The molecule has 0 spiro atoms. The maximum atomic E-state index is 12.6. The number of para-hydroxylation sites is 1. The van der Waals surface area contributed by atoms with E-state index >= 15 is 0 Å². The molecule has 0 saturated heterocycles. The van der Waals surface area contributed by atoms with Crippen LogP contribution >= 0.6 is 23.2 Å². The quantitative estimate of drug-likeness (QED) is 0.574. The summed E-state index contributed by atoms with van der Waals surface area (Å²) in [6.07, 6.45) is 1.33. The summed E-state index contributed by atoms with van der Waals surface area (Å²) in [5, 5.41) is 4.20. The highest BCUT2D eigenvalue weighted by Crippen LogP contribution is 2.24. The molecule has 0 aliphatic heterocycles. The zero-order valence-electron chi connectivity index (χ0n) is 13.2. The molecule has 4 aromatic rings. The Morgan fingerprint density at radius 3 is 2.65 bits per heavy atom. The average Bonchev–Trinajstić information content (AvgIpc) is 2.96. The maximum absolute atomic E-state index is 12.6. The van der Waals surface area contributed by atoms with E-state index in [4.69, 9.17) is 27.6 Å². The Morgan fingerprint density at radius 2 is 1.88 bits per heavy atom. The molecule has 1 amide bonds. The van der Waals surface area contributed by atoms with E-state index in [1.807, 2.05) is 18.2 Å². The molecular weight excluding hydrogens is 377 g/mol. The molecule has 0 unspecified atom stereocenters. The number of amides is 1. The Kier molecular flexibility index (Phi) is 4.14. The number of nitrogens with zero attached hydrogens (tertiary/aromatic N) is 2. The van der Waals surface area contributed by atoms with Crippen molar-refractivity contribution in [1.29, 1.82) is 0 Å². The fraction of sp³-hybridized carbons (Fsp3) is 0.0556. The highest BCUT2D eigenvalue weighted by molar-refractivity contribution is 6.35. The molecule has 4 rings (SSSR count). The number of halogens is 2. The van der Waals surface area contributed by atoms with Crippen molar-refractivity contribution < 1.29 is 9.21 Å². The van der Waals surface area contributed by atoms with Gasteiger partial charge in [0, 0.05) is 21.1 Å². The molecule has 0 atom stereocenters. The second kappa shape index (κ2) is 6.48. The van der Waals surface area contributed by atoms with Gasteiger partial charge in [-0.25, -0.2) is 4.98 Å². The van der Waals surface area contributed by atoms with E-state index < -0.39 is 11.5 Å². The Bertz CT molecular complexity index is 1190. The minimum Gasteiger partial charge on any atom is -0.448 e. The van der Waals surface area contributed by atoms with Crippen LogP contribution < -0.4 is 10.9 Å². The molecule has 0 fully saturated rings. The number of hydrogen-bond acceptors (Lipinski definition) is 4. The van der Waals surface area contributed by atoms with Gasteiger partial charge >= 0.3 is 0 Å². The molecule has 1 N–H and O–H groups in total. The molecule has 8 heteroatoms. The number of furan rings is 1. The standard InChI is InChI=1S/C18H11Cl2N3O3/c19-10-5-11(20)7-12(6-10)22-15(24)8-23-9-21-16-13-3-1-2-4-14(13)26-17(16)18(23)25/h1-7,9H,8H2,(H,22,24). The predicted molar refractivity (Wildman–Crippen MR) is 101 cm³/mol. The van der Waals surface area contributed by atoms with Crippen LogP contribution in [0, 0.1) is 0 Å². The van der Waals surface area contributed by atoms with E-state index in [0.29, 0.717) is 26.8 Å². The topological polar surface area (TPSA) is 77.1 Å². The van der Waals surface area contributed by atoms with E-state index in [-0.39, 0.29) is 12.1 Å². The van der Waals surface area contributed by atoms with Crippen molar-refractivity contribution in [3.8, 4) is 0 Å². The van der Waals surface area contributed by atoms with Gasteiger partial charge in [-0.15, -0.1) is 0 Å². The second-order valence-electron chi connectivity index (χ2n) is 5.66. The largest absolute Gasteiger partial charge is 0.448 e. The van der Waals surface area contributed by atoms with Crippen molar-refractivity contribution in [2.45, 2.75) is 6.54 Å². The highest BCUT2D eigenvalue weighted by atomic mass is 35.5. The third-order valence-corrected chi connectivity index (χ3v) is 4.25. The van der Waals surface area contributed by atoms with Gasteiger partial charge in [-0.1, -0.05) is 35.3 Å². The van der Waals surface area contributed by atoms with Crippen molar-refractivity contribution in [2.75, 3.05) is 5.32 Å². The Labute approximate surface area is 157 Å². The van der Waals surface area contributed by atoms with Gasteiger partial charge in [0.05, 0.1) is 6.33 Å². The van der Waals surface area contributed by atoms with Crippen molar-refractivity contribution >= 4 is 56.9 Å². The monoisotopic (exact) mass is 387 g/mol. The second-order valence-corrected chi connectivity index (χ2v) is 6.53. The normalized spacial score (nSPS) is 11.2. The summed E-state index contributed by atoms with van der Waals surface area (Å²) < 4.78 is 6.78. The van der Waals surface area contributed by atoms with E-state index in [2.05, 4.69) is 10.3 Å². The molecule has 0 aliphatic carbocycles. The maximum Gasteiger partial charge on any atom is 0.297 e. The summed E-state index contributed by atoms with van der Waals surface area (Å²) in [7, 11) is 0. The lowest BCUT2D eigenvalue weighted by atomic mass is 10.2. The number of fused-ring (bicyclic) bond motifs is 3. The first-order valence-corrected chi connectivity index (χ1v) is 8.39. The van der Waals surface area contributed by atoms with Crippen LogP contribution in [-0.4, -0.2) is 15.5 Å². The Balaban J connectivity index is 1.64. The lowest BCUT2D eigenvalue weighted by Gasteiger charge is -2.08. The first kappa shape index (κ1) is 16.6. The van der Waals surface area contributed by atoms with Crippen LogP contribution in [0.25, 0.3) is 22.1 Å². The minimum absolute atomic E-state index is 0.118. The van der Waals surface area contributed by atoms with Crippen LogP contribution in [0.4, 0.5) is 5.69 Å². The summed E-state index contributed by atoms with van der Waals surface area (Å²) in [5.74, 6) is -0.414. The van der Waals surface area contributed by atoms with E-state index in [1.54, 1.807) is 24.3 Å². The minimum atomic E-state index is -0.425. The van der Waals surface area contributed by atoms with Crippen molar-refractivity contribution in [2.24, 2.45) is 0 Å². The highest BCUT2D eigenvalue weighted by Gasteiger charge is 2.14. The van der Waals surface area contributed by atoms with Gasteiger partial charge in [0.2, 0.25) is 11.5 Å². The van der Waals surface area contributed by atoms with Gasteiger partial charge < -0.3 is 9.73 Å². The zero-order valence-corrected chi connectivity index (χ0v) is 14.7. The molecule has 26 heavy (non-hydrogen) atoms. The third-order valence-electron chi connectivity index (χ3n) is 3.81. The van der Waals surface area contributed by atoms with Gasteiger partial charge in [0.25, 0.3) is 5.56 Å². The molecule has 2 aromatic carbocycles. The number of carbonyl (C=O) groups is 1. The lowest BCUT2D eigenvalue weighted by molar-refractivity contribution is -0.116. The number of nitrogens with one attached hydrogen (secondary N) is 1. The van der Waals surface area contributed by atoms with Gasteiger partial charge in [0.1, 0.15) is 17.6 Å². The van der Waals surface area contributed by atoms with Crippen molar-refractivity contribution in [1.82, 2.24) is 9.55 Å². The molecule has 0 bridgehead atoms. The van der Waals surface area contributed by atoms with Gasteiger partial charge in [-0.2, -0.15) is 0 Å². The summed E-state index contributed by atoms with van der Waals surface area (Å²) in [4.78, 5) is 29.1. The van der Waals surface area contributed by atoms with Gasteiger partial charge in [-0.3, -0.25) is 14.2 Å². The van der Waals surface area contributed by atoms with Crippen LogP contribution in [0.1, 0.15) is 0 Å². The molecule has 6 nitrogen and oxygen atoms in total. The van der Waals surface area contributed by atoms with E-state index in [1.165, 1.54) is 10.9 Å². The summed E-state index contributed by atoms with van der Waals surface area (Å²) in [6.45, 7) is -0.219. The molecule has 0 aliphatic rings. The molecule has 2 heterocycles. The van der Waals surface area contributed by atoms with Crippen molar-refractivity contribution in [3.63, 3.8) is 0 Å². The van der Waals surface area contributed by atoms with E-state index in [9.17, 15) is 9.59 Å². The number of hydrogen-bond donors (Lipinski definition) is 1. The Hall–Kier alpha value is -2.83. The molecule has 130 valence electrons. The first-order chi connectivity index (χ1) is 12.5. The van der Waals surface area contributed by atoms with Crippen molar-refractivity contribution in [3.05, 3.63) is 69.2 Å². The van der Waals surface area contributed by atoms with Crippen LogP contribution in [0.2, 0.25) is 10.0 Å². The molecule has 0 saturated carbocycles. The predicted octanol–water partition coefficient (Wildman–Crippen LogP) is 4.09. The number of rotatable bonds is 3. The summed E-state index contributed by atoms with van der Waals surface area (Å²) >= 11 is 11.8. The van der Waals surface area contributed by atoms with Crippen LogP contribution in [0.3, 0.4) is 0 Å². The fourth-order valence-corrected chi connectivity index (χ4v) is 3.24. The van der Waals surface area contributed by atoms with E-state index in [0.717, 1.165) is 5.39 Å². The van der Waals surface area contributed by atoms with Crippen LogP contribution in [-0.2, 0) is 11.3 Å². The summed E-state index contributed by atoms with van der Waals surface area (Å²) in [6, 6.07) is 11.9. The lowest BCUT2D eigenvalue weighted by Crippen LogP contribution is -2.27. The first-order valence-electron chi connectivity index (χ1n) is 7.64. The molecule has 0 radical (unpaired) electrons. The third kappa shape index (κ3) is 3.05. The number of carbonyl (C=O) groups excluding carboxylic acids is 1. The number of aromatic nitrogens is 2. The van der Waals surface area contributed by atoms with Gasteiger partial charge in [0.15, 0.2) is 0 Å². The summed E-state index contributed by atoms with van der Waals surface area (Å²) in [5.41, 5.74) is 1.18. The van der Waals surface area contributed by atoms with Crippen LogP contribution in [0.5, 0.6) is 0 Å². The number of anilines is 1. The SMILES string of the molecule is O=C(Cn1cnc2c(oc3ccccc32)c1=O)Nc1cc(Cl)cc(Cl)c1. The Morgan fingerprint density at radius 1 is 1.15 bits per heavy atom. The average molecular weight is 388 g/mol. The van der Waals surface area contributed by atoms with Crippen LogP contribution in [0.15, 0.2) is 58.0 Å². The molecule has 2 aromatic heterocycles. The fourth-order valence-electron chi connectivity index (χ4n) is 2.71. The number of benzene rings is 2. The van der Waals surface area contributed by atoms with Gasteiger partial charge in [-0.05, 0) is 30.3 Å². The molecular formula is C18H11Cl2N3O3. The zero-order chi connectivity index (χ0) is 18.3. The smallest absolute Gasteiger partial charge is 0.297 e.